The molecule has 1 heterocycles. The zero-order chi connectivity index (χ0) is 15.6. The zero-order valence-corrected chi connectivity index (χ0v) is 13.2. The van der Waals surface area contributed by atoms with Crippen LogP contribution in [-0.4, -0.2) is 36.9 Å². The van der Waals surface area contributed by atoms with Gasteiger partial charge in [-0.1, -0.05) is 19.4 Å². The van der Waals surface area contributed by atoms with Gasteiger partial charge in [-0.25, -0.2) is 13.2 Å². The maximum atomic E-state index is 12.7. The summed E-state index contributed by atoms with van der Waals surface area (Å²) in [4.78, 5) is 11.3. The molecule has 0 spiro atoms. The molecule has 0 radical (unpaired) electrons. The number of carboxylic acids is 1. The molecule has 0 amide bonds. The molecule has 116 valence electrons. The Morgan fingerprint density at radius 3 is 2.76 bits per heavy atom. The van der Waals surface area contributed by atoms with Crippen molar-refractivity contribution in [3.05, 3.63) is 29.3 Å². The fourth-order valence-electron chi connectivity index (χ4n) is 2.92. The topological polar surface area (TPSA) is 74.7 Å². The number of aromatic carboxylic acids is 1. The minimum absolute atomic E-state index is 0.0420. The van der Waals surface area contributed by atoms with Crippen LogP contribution in [0.1, 0.15) is 42.1 Å². The molecule has 1 unspecified atom stereocenters. The van der Waals surface area contributed by atoms with E-state index in [0.717, 1.165) is 19.3 Å². The van der Waals surface area contributed by atoms with Crippen molar-refractivity contribution < 1.29 is 18.3 Å². The fourth-order valence-corrected chi connectivity index (χ4v) is 4.70. The molecule has 1 aromatic carbocycles. The van der Waals surface area contributed by atoms with Gasteiger partial charge in [-0.3, -0.25) is 0 Å². The van der Waals surface area contributed by atoms with Gasteiger partial charge in [-0.05, 0) is 43.4 Å². The van der Waals surface area contributed by atoms with Crippen LogP contribution in [0.4, 0.5) is 0 Å². The van der Waals surface area contributed by atoms with Crippen LogP contribution in [0.25, 0.3) is 0 Å². The number of hydrogen-bond donors (Lipinski definition) is 1. The lowest BCUT2D eigenvalue weighted by molar-refractivity contribution is 0.0696. The van der Waals surface area contributed by atoms with Gasteiger partial charge in [0.25, 0.3) is 0 Å². The van der Waals surface area contributed by atoms with E-state index in [0.29, 0.717) is 24.6 Å². The highest BCUT2D eigenvalue weighted by molar-refractivity contribution is 7.89. The summed E-state index contributed by atoms with van der Waals surface area (Å²) in [5.41, 5.74) is 0.351. The number of carboxylic acid groups (broad SMARTS) is 1. The molecule has 1 atom stereocenters. The van der Waals surface area contributed by atoms with Gasteiger partial charge >= 0.3 is 5.97 Å². The number of sulfonamides is 1. The summed E-state index contributed by atoms with van der Waals surface area (Å²) in [6, 6.07) is 4.41. The van der Waals surface area contributed by atoms with E-state index in [9.17, 15) is 13.2 Å². The molecular formula is C15H21NO4S. The Morgan fingerprint density at radius 1 is 1.43 bits per heavy atom. The molecule has 2 rings (SSSR count). The lowest BCUT2D eigenvalue weighted by atomic mass is 10.0. The second-order valence-corrected chi connectivity index (χ2v) is 7.45. The summed E-state index contributed by atoms with van der Waals surface area (Å²) in [5.74, 6) is -0.692. The van der Waals surface area contributed by atoms with E-state index in [1.165, 1.54) is 22.5 Å². The molecule has 21 heavy (non-hydrogen) atoms. The van der Waals surface area contributed by atoms with Crippen LogP contribution in [0.2, 0.25) is 0 Å². The Morgan fingerprint density at radius 2 is 2.14 bits per heavy atom. The lowest BCUT2D eigenvalue weighted by Gasteiger charge is -2.18. The molecular weight excluding hydrogens is 290 g/mol. The van der Waals surface area contributed by atoms with E-state index in [1.54, 1.807) is 6.92 Å². The van der Waals surface area contributed by atoms with Gasteiger partial charge in [0.05, 0.1) is 10.5 Å². The normalized spacial score (nSPS) is 19.8. The average molecular weight is 311 g/mol. The van der Waals surface area contributed by atoms with Gasteiger partial charge < -0.3 is 5.11 Å². The highest BCUT2D eigenvalue weighted by Crippen LogP contribution is 2.29. The van der Waals surface area contributed by atoms with Crippen LogP contribution in [-0.2, 0) is 10.0 Å². The second kappa shape index (κ2) is 6.15. The molecule has 1 aliphatic rings. The Bertz CT molecular complexity index is 639. The third-order valence-electron chi connectivity index (χ3n) is 4.08. The number of nitrogens with zero attached hydrogens (tertiary/aromatic N) is 1. The van der Waals surface area contributed by atoms with E-state index >= 15 is 0 Å². The third-order valence-corrected chi connectivity index (χ3v) is 6.09. The van der Waals surface area contributed by atoms with E-state index in [4.69, 9.17) is 5.11 Å². The summed E-state index contributed by atoms with van der Waals surface area (Å²) in [5, 5.41) is 9.12. The molecule has 0 bridgehead atoms. The molecule has 0 aromatic heterocycles. The van der Waals surface area contributed by atoms with Crippen molar-refractivity contribution in [2.75, 3.05) is 13.1 Å². The van der Waals surface area contributed by atoms with Crippen LogP contribution in [0.5, 0.6) is 0 Å². The molecule has 6 heteroatoms. The molecule has 0 saturated carbocycles. The molecule has 1 N–H and O–H groups in total. The van der Waals surface area contributed by atoms with Crippen molar-refractivity contribution in [3.63, 3.8) is 0 Å². The first-order chi connectivity index (χ1) is 9.87. The minimum Gasteiger partial charge on any atom is -0.478 e. The van der Waals surface area contributed by atoms with Crippen LogP contribution in [0.15, 0.2) is 23.1 Å². The van der Waals surface area contributed by atoms with Crippen molar-refractivity contribution in [3.8, 4) is 0 Å². The Hall–Kier alpha value is -1.40. The third kappa shape index (κ3) is 3.11. The van der Waals surface area contributed by atoms with E-state index in [2.05, 4.69) is 6.92 Å². The second-order valence-electron chi connectivity index (χ2n) is 5.54. The SMILES string of the molecule is CCCC1CCN(S(=O)(=O)c2cccc(C(=O)O)c2C)C1. The number of carbonyl (C=O) groups is 1. The van der Waals surface area contributed by atoms with Crippen molar-refractivity contribution in [2.45, 2.75) is 38.0 Å². The molecule has 1 aliphatic heterocycles. The monoisotopic (exact) mass is 311 g/mol. The predicted molar refractivity (Wildman–Crippen MR) is 79.9 cm³/mol. The summed E-state index contributed by atoms with van der Waals surface area (Å²) in [6.07, 6.45) is 2.96. The van der Waals surface area contributed by atoms with Crippen molar-refractivity contribution in [2.24, 2.45) is 5.92 Å². The van der Waals surface area contributed by atoms with E-state index < -0.39 is 16.0 Å². The van der Waals surface area contributed by atoms with Gasteiger partial charge in [-0.2, -0.15) is 4.31 Å². The first kappa shape index (κ1) is 16.0. The number of benzene rings is 1. The fraction of sp³-hybridized carbons (Fsp3) is 0.533. The van der Waals surface area contributed by atoms with Crippen LogP contribution in [0, 0.1) is 12.8 Å². The van der Waals surface area contributed by atoms with Crippen molar-refractivity contribution >= 4 is 16.0 Å². The van der Waals surface area contributed by atoms with E-state index in [1.807, 2.05) is 0 Å². The van der Waals surface area contributed by atoms with Gasteiger partial charge in [0.2, 0.25) is 10.0 Å². The summed E-state index contributed by atoms with van der Waals surface area (Å²) in [7, 11) is -3.61. The highest BCUT2D eigenvalue weighted by Gasteiger charge is 2.33. The molecule has 1 saturated heterocycles. The Kier molecular flexibility index (Phi) is 4.68. The highest BCUT2D eigenvalue weighted by atomic mass is 32.2. The molecule has 1 aromatic rings. The largest absolute Gasteiger partial charge is 0.478 e. The first-order valence-electron chi connectivity index (χ1n) is 7.21. The van der Waals surface area contributed by atoms with Crippen LogP contribution < -0.4 is 0 Å². The maximum Gasteiger partial charge on any atom is 0.335 e. The number of rotatable bonds is 5. The van der Waals surface area contributed by atoms with Gasteiger partial charge in [0.1, 0.15) is 0 Å². The van der Waals surface area contributed by atoms with Gasteiger partial charge in [-0.15, -0.1) is 0 Å². The molecule has 0 aliphatic carbocycles. The number of hydrogen-bond acceptors (Lipinski definition) is 3. The smallest absolute Gasteiger partial charge is 0.335 e. The summed E-state index contributed by atoms with van der Waals surface area (Å²) in [6.45, 7) is 4.70. The van der Waals surface area contributed by atoms with Gasteiger partial charge in [0, 0.05) is 13.1 Å². The van der Waals surface area contributed by atoms with Crippen molar-refractivity contribution in [1.29, 1.82) is 0 Å². The van der Waals surface area contributed by atoms with Crippen molar-refractivity contribution in [1.82, 2.24) is 4.31 Å². The zero-order valence-electron chi connectivity index (χ0n) is 12.4. The Balaban J connectivity index is 2.33. The van der Waals surface area contributed by atoms with Crippen LogP contribution >= 0.6 is 0 Å². The van der Waals surface area contributed by atoms with Gasteiger partial charge in [0.15, 0.2) is 0 Å². The Labute approximate surface area is 125 Å². The minimum atomic E-state index is -3.61. The average Bonchev–Trinajstić information content (AvgIpc) is 2.88. The molecule has 1 fully saturated rings. The first-order valence-corrected chi connectivity index (χ1v) is 8.65. The molecule has 5 nitrogen and oxygen atoms in total. The van der Waals surface area contributed by atoms with Crippen LogP contribution in [0.3, 0.4) is 0 Å². The quantitative estimate of drug-likeness (QED) is 0.906. The lowest BCUT2D eigenvalue weighted by Crippen LogP contribution is -2.29. The standard InChI is InChI=1S/C15H21NO4S/c1-3-5-12-8-9-16(10-12)21(19,20)14-7-4-6-13(11(14)2)15(17)18/h4,6-7,12H,3,5,8-10H2,1-2H3,(H,17,18). The maximum absolute atomic E-state index is 12.7. The summed E-state index contributed by atoms with van der Waals surface area (Å²) < 4.78 is 26.9. The van der Waals surface area contributed by atoms with E-state index in [-0.39, 0.29) is 10.5 Å². The predicted octanol–water partition coefficient (Wildman–Crippen LogP) is 2.50. The summed E-state index contributed by atoms with van der Waals surface area (Å²) >= 11 is 0.